The predicted octanol–water partition coefficient (Wildman–Crippen LogP) is 2.68. The Hall–Kier alpha value is -0.340. The summed E-state index contributed by atoms with van der Waals surface area (Å²) in [7, 11) is 4.33. The summed E-state index contributed by atoms with van der Waals surface area (Å²) in [5.74, 6) is 2.59. The molecule has 2 nitrogen and oxygen atoms in total. The van der Waals surface area contributed by atoms with Gasteiger partial charge in [0.25, 0.3) is 0 Å². The molecule has 2 fully saturated rings. The van der Waals surface area contributed by atoms with Gasteiger partial charge in [-0.15, -0.1) is 0 Å². The fourth-order valence-corrected chi connectivity index (χ4v) is 4.89. The van der Waals surface area contributed by atoms with Crippen molar-refractivity contribution in [2.75, 3.05) is 20.6 Å². The van der Waals surface area contributed by atoms with Gasteiger partial charge in [0.2, 0.25) is 0 Å². The van der Waals surface area contributed by atoms with Crippen molar-refractivity contribution in [3.05, 3.63) is 12.2 Å². The van der Waals surface area contributed by atoms with Crippen LogP contribution in [0, 0.1) is 23.7 Å². The molecule has 0 unspecified atom stereocenters. The maximum absolute atomic E-state index is 11.1. The molecule has 1 N–H and O–H groups in total. The van der Waals surface area contributed by atoms with E-state index in [1.165, 1.54) is 25.7 Å². The van der Waals surface area contributed by atoms with Crippen LogP contribution in [0.5, 0.6) is 0 Å². The van der Waals surface area contributed by atoms with E-state index in [1.807, 2.05) is 0 Å². The second kappa shape index (κ2) is 4.64. The number of rotatable bonds is 3. The van der Waals surface area contributed by atoms with Gasteiger partial charge < -0.3 is 10.0 Å². The Kier molecular flexibility index (Phi) is 3.27. The molecule has 102 valence electrons. The van der Waals surface area contributed by atoms with E-state index in [4.69, 9.17) is 0 Å². The van der Waals surface area contributed by atoms with Crippen LogP contribution in [-0.2, 0) is 0 Å². The average Bonchev–Trinajstić information content (AvgIpc) is 2.89. The number of allylic oxidation sites excluding steroid dienone is 2. The predicted molar refractivity (Wildman–Crippen MR) is 74.3 cm³/mol. The van der Waals surface area contributed by atoms with Crippen molar-refractivity contribution in [3.8, 4) is 0 Å². The first kappa shape index (κ1) is 12.7. The van der Waals surface area contributed by atoms with Gasteiger partial charge in [-0.25, -0.2) is 0 Å². The van der Waals surface area contributed by atoms with Crippen molar-refractivity contribution in [3.63, 3.8) is 0 Å². The Morgan fingerprint density at radius 1 is 1.11 bits per heavy atom. The molecule has 0 amide bonds. The first-order valence-electron chi connectivity index (χ1n) is 7.65. The Balaban J connectivity index is 1.82. The zero-order valence-electron chi connectivity index (χ0n) is 11.8. The summed E-state index contributed by atoms with van der Waals surface area (Å²) in [5.41, 5.74) is -0.358. The van der Waals surface area contributed by atoms with Gasteiger partial charge in [0.1, 0.15) is 0 Å². The summed E-state index contributed by atoms with van der Waals surface area (Å²) in [4.78, 5) is 2.30. The van der Waals surface area contributed by atoms with Gasteiger partial charge in [-0.2, -0.15) is 0 Å². The van der Waals surface area contributed by atoms with E-state index in [-0.39, 0.29) is 5.60 Å². The van der Waals surface area contributed by atoms with Crippen molar-refractivity contribution in [2.45, 2.75) is 44.1 Å². The number of hydrogen-bond donors (Lipinski definition) is 1. The SMILES string of the molecule is CN(C)C[C@@H]1[C@H](C2(O)CCCCC2)[C@@H]2C=C[C@H]1C2. The lowest BCUT2D eigenvalue weighted by atomic mass is 9.66. The van der Waals surface area contributed by atoms with Crippen molar-refractivity contribution >= 4 is 0 Å². The number of fused-ring (bicyclic) bond motifs is 2. The van der Waals surface area contributed by atoms with Gasteiger partial charge in [-0.1, -0.05) is 31.4 Å². The molecule has 2 bridgehead atoms. The van der Waals surface area contributed by atoms with E-state index in [0.29, 0.717) is 17.8 Å². The normalized spacial score (nSPS) is 41.8. The zero-order valence-corrected chi connectivity index (χ0v) is 11.8. The highest BCUT2D eigenvalue weighted by atomic mass is 16.3. The molecule has 0 saturated heterocycles. The first-order valence-corrected chi connectivity index (χ1v) is 7.65. The molecule has 0 aromatic carbocycles. The van der Waals surface area contributed by atoms with Gasteiger partial charge in [0, 0.05) is 6.54 Å². The number of hydrogen-bond acceptors (Lipinski definition) is 2. The van der Waals surface area contributed by atoms with Crippen LogP contribution < -0.4 is 0 Å². The van der Waals surface area contributed by atoms with E-state index < -0.39 is 0 Å². The monoisotopic (exact) mass is 249 g/mol. The molecule has 0 aromatic heterocycles. The smallest absolute Gasteiger partial charge is 0.0684 e. The van der Waals surface area contributed by atoms with Crippen LogP contribution in [0.1, 0.15) is 38.5 Å². The lowest BCUT2D eigenvalue weighted by Crippen LogP contribution is -2.47. The standard InChI is InChI=1S/C16H27NO/c1-17(2)11-14-12-6-7-13(10-12)15(14)16(18)8-4-3-5-9-16/h6-7,12-15,18H,3-5,8-11H2,1-2H3/t12-,13+,14-,15+/m0/s1. The highest BCUT2D eigenvalue weighted by molar-refractivity contribution is 5.17. The van der Waals surface area contributed by atoms with E-state index in [9.17, 15) is 5.11 Å². The Labute approximate surface area is 111 Å². The zero-order chi connectivity index (χ0) is 12.8. The molecule has 0 radical (unpaired) electrons. The minimum absolute atomic E-state index is 0.358. The van der Waals surface area contributed by atoms with Crippen LogP contribution in [0.25, 0.3) is 0 Å². The molecular formula is C16H27NO. The molecule has 2 heteroatoms. The molecule has 3 rings (SSSR count). The summed E-state index contributed by atoms with van der Waals surface area (Å²) in [6.07, 6.45) is 12.0. The topological polar surface area (TPSA) is 23.5 Å². The van der Waals surface area contributed by atoms with E-state index in [1.54, 1.807) is 0 Å². The Morgan fingerprint density at radius 3 is 2.44 bits per heavy atom. The maximum atomic E-state index is 11.1. The molecule has 0 aromatic rings. The van der Waals surface area contributed by atoms with Crippen LogP contribution >= 0.6 is 0 Å². The summed E-state index contributed by atoms with van der Waals surface area (Å²) in [5, 5.41) is 11.1. The van der Waals surface area contributed by atoms with Gasteiger partial charge in [0.05, 0.1) is 5.60 Å². The minimum Gasteiger partial charge on any atom is -0.390 e. The molecule has 3 aliphatic rings. The second-order valence-electron chi connectivity index (χ2n) is 7.06. The maximum Gasteiger partial charge on any atom is 0.0684 e. The molecule has 18 heavy (non-hydrogen) atoms. The summed E-state index contributed by atoms with van der Waals surface area (Å²) < 4.78 is 0. The first-order chi connectivity index (χ1) is 8.60. The highest BCUT2D eigenvalue weighted by Gasteiger charge is 2.53. The highest BCUT2D eigenvalue weighted by Crippen LogP contribution is 2.55. The van der Waals surface area contributed by atoms with Crippen LogP contribution in [0.2, 0.25) is 0 Å². The third-order valence-electron chi connectivity index (χ3n) is 5.54. The fraction of sp³-hybridized carbons (Fsp3) is 0.875. The van der Waals surface area contributed by atoms with E-state index in [0.717, 1.165) is 25.3 Å². The van der Waals surface area contributed by atoms with Crippen LogP contribution in [0.4, 0.5) is 0 Å². The molecule has 2 saturated carbocycles. The van der Waals surface area contributed by atoms with Crippen molar-refractivity contribution < 1.29 is 5.11 Å². The van der Waals surface area contributed by atoms with Crippen molar-refractivity contribution in [1.29, 1.82) is 0 Å². The Bertz CT molecular complexity index is 330. The van der Waals surface area contributed by atoms with Gasteiger partial charge >= 0.3 is 0 Å². The molecule has 0 aliphatic heterocycles. The third kappa shape index (κ3) is 2.04. The Morgan fingerprint density at radius 2 is 1.78 bits per heavy atom. The number of nitrogens with zero attached hydrogens (tertiary/aromatic N) is 1. The van der Waals surface area contributed by atoms with Crippen LogP contribution in [0.15, 0.2) is 12.2 Å². The molecule has 3 aliphatic carbocycles. The van der Waals surface area contributed by atoms with E-state index in [2.05, 4.69) is 31.1 Å². The van der Waals surface area contributed by atoms with Crippen molar-refractivity contribution in [2.24, 2.45) is 23.7 Å². The molecular weight excluding hydrogens is 222 g/mol. The third-order valence-corrected chi connectivity index (χ3v) is 5.54. The lowest BCUT2D eigenvalue weighted by Gasteiger charge is -2.44. The lowest BCUT2D eigenvalue weighted by molar-refractivity contribution is -0.0780. The van der Waals surface area contributed by atoms with Crippen molar-refractivity contribution in [1.82, 2.24) is 4.90 Å². The average molecular weight is 249 g/mol. The molecule has 0 spiro atoms. The fourth-order valence-electron chi connectivity index (χ4n) is 4.89. The minimum atomic E-state index is -0.358. The van der Waals surface area contributed by atoms with Crippen LogP contribution in [-0.4, -0.2) is 36.2 Å². The largest absolute Gasteiger partial charge is 0.390 e. The summed E-state index contributed by atoms with van der Waals surface area (Å²) in [6.45, 7) is 1.14. The van der Waals surface area contributed by atoms with Gasteiger partial charge in [0.15, 0.2) is 0 Å². The van der Waals surface area contributed by atoms with Crippen LogP contribution in [0.3, 0.4) is 0 Å². The second-order valence-corrected chi connectivity index (χ2v) is 7.06. The number of aliphatic hydroxyl groups is 1. The molecule has 4 atom stereocenters. The quantitative estimate of drug-likeness (QED) is 0.777. The van der Waals surface area contributed by atoms with E-state index >= 15 is 0 Å². The van der Waals surface area contributed by atoms with Gasteiger partial charge in [-0.05, 0) is 57.0 Å². The molecule has 0 heterocycles. The summed E-state index contributed by atoms with van der Waals surface area (Å²) >= 11 is 0. The van der Waals surface area contributed by atoms with Gasteiger partial charge in [-0.3, -0.25) is 0 Å². The summed E-state index contributed by atoms with van der Waals surface area (Å²) in [6, 6.07) is 0.